The number of rotatable bonds is 8. The number of hydrazine groups is 1. The molecule has 0 bridgehead atoms. The van der Waals surface area contributed by atoms with E-state index >= 15 is 0 Å². The van der Waals surface area contributed by atoms with E-state index < -0.39 is 5.91 Å². The topological polar surface area (TPSA) is 98.3 Å². The van der Waals surface area contributed by atoms with E-state index in [1.165, 1.54) is 5.56 Å². The highest BCUT2D eigenvalue weighted by atomic mass is 16.5. The number of hydrogen-bond acceptors (Lipinski definition) is 8. The summed E-state index contributed by atoms with van der Waals surface area (Å²) in [5, 5.41) is 2.81. The number of carbonyl (C=O) groups excluding carboxylic acids is 2. The maximum atomic E-state index is 12.3. The van der Waals surface area contributed by atoms with Crippen molar-refractivity contribution >= 4 is 17.7 Å². The summed E-state index contributed by atoms with van der Waals surface area (Å²) in [6, 6.07) is 11.4. The summed E-state index contributed by atoms with van der Waals surface area (Å²) >= 11 is 0. The Kier molecular flexibility index (Phi) is 7.88. The van der Waals surface area contributed by atoms with E-state index in [2.05, 4.69) is 75.4 Å². The van der Waals surface area contributed by atoms with Crippen LogP contribution in [0.5, 0.6) is 0 Å². The fourth-order valence-electron chi connectivity index (χ4n) is 6.52. The molecule has 1 aromatic carbocycles. The minimum Gasteiger partial charge on any atom is -0.468 e. The van der Waals surface area contributed by atoms with Gasteiger partial charge in [-0.1, -0.05) is 36.8 Å². The summed E-state index contributed by atoms with van der Waals surface area (Å²) in [7, 11) is 6.02. The normalized spacial score (nSPS) is 29.6. The number of ether oxygens (including phenoxy) is 1. The molecule has 9 nitrogen and oxygen atoms in total. The zero-order chi connectivity index (χ0) is 26.8. The Balaban J connectivity index is 1.18. The number of amides is 1. The van der Waals surface area contributed by atoms with Crippen LogP contribution < -0.4 is 16.2 Å². The predicted molar refractivity (Wildman–Crippen MR) is 147 cm³/mol. The summed E-state index contributed by atoms with van der Waals surface area (Å²) in [6.07, 6.45) is 10.6. The first-order valence-electron chi connectivity index (χ1n) is 14.0. The molecule has 2 aliphatic carbocycles. The molecule has 3 fully saturated rings. The fraction of sp³-hybridized carbons (Fsp3) is 0.621. The van der Waals surface area contributed by atoms with Crippen LogP contribution in [0.2, 0.25) is 0 Å². The van der Waals surface area contributed by atoms with E-state index in [1.54, 1.807) is 13.3 Å². The molecule has 0 aromatic heterocycles. The minimum atomic E-state index is -0.490. The Hall–Kier alpha value is -2.75. The van der Waals surface area contributed by atoms with Crippen molar-refractivity contribution in [1.29, 1.82) is 0 Å². The number of amidine groups is 1. The van der Waals surface area contributed by atoms with Crippen LogP contribution in [0, 0.1) is 5.92 Å². The van der Waals surface area contributed by atoms with E-state index in [1.807, 2.05) is 0 Å². The van der Waals surface area contributed by atoms with Gasteiger partial charge in [-0.3, -0.25) is 14.5 Å². The zero-order valence-electron chi connectivity index (χ0n) is 23.0. The van der Waals surface area contributed by atoms with Gasteiger partial charge in [0, 0.05) is 43.2 Å². The van der Waals surface area contributed by atoms with E-state index in [4.69, 9.17) is 4.74 Å². The van der Waals surface area contributed by atoms with Gasteiger partial charge in [-0.15, -0.1) is 0 Å². The van der Waals surface area contributed by atoms with Gasteiger partial charge in [-0.2, -0.15) is 0 Å². The van der Waals surface area contributed by atoms with Gasteiger partial charge in [-0.05, 0) is 69.7 Å². The molecule has 3 N–H and O–H groups in total. The average molecular weight is 523 g/mol. The van der Waals surface area contributed by atoms with Gasteiger partial charge in [0.2, 0.25) is 5.78 Å². The third kappa shape index (κ3) is 5.37. The van der Waals surface area contributed by atoms with Crippen LogP contribution in [0.1, 0.15) is 63.4 Å². The van der Waals surface area contributed by atoms with Crippen LogP contribution in [0.4, 0.5) is 0 Å². The molecule has 1 spiro atoms. The second kappa shape index (κ2) is 11.2. The smallest absolute Gasteiger partial charge is 0.293 e. The number of Topliss-reactive ketones (excluding diaryl/α,β-unsaturated/α-hetero) is 1. The number of benzene rings is 1. The Bertz CT molecular complexity index is 1070. The van der Waals surface area contributed by atoms with E-state index in [0.717, 1.165) is 56.9 Å². The zero-order valence-corrected chi connectivity index (χ0v) is 23.0. The Labute approximate surface area is 226 Å². The van der Waals surface area contributed by atoms with Gasteiger partial charge in [0.1, 0.15) is 0 Å². The lowest BCUT2D eigenvalue weighted by Gasteiger charge is -2.49. The number of nitrogens with zero attached hydrogens (tertiary/aromatic N) is 3. The number of nitrogens with one attached hydrogen (secondary N) is 3. The first-order chi connectivity index (χ1) is 18.3. The Morgan fingerprint density at radius 3 is 2.53 bits per heavy atom. The third-order valence-electron chi connectivity index (χ3n) is 9.25. The minimum absolute atomic E-state index is 0.00128. The lowest BCUT2D eigenvalue weighted by atomic mass is 9.68. The predicted octanol–water partition coefficient (Wildman–Crippen LogP) is 2.66. The standard InChI is InChI=1S/C29H42N6O3/c1-34(2)29(23-10-5-4-6-11-23)14-12-28(13-15-29)17-25(32-33-28)35-20-22(19-31-27(35)38-3)18-30-26(37)24(36)16-21-8-7-9-21/h4-6,10-11,19,21,25,32-33H,7-9,12-18,20H2,1-3H3,(H,30,37)/t25-,28?,29?/m1/s1. The van der Waals surface area contributed by atoms with Crippen LogP contribution in [0.25, 0.3) is 0 Å². The van der Waals surface area contributed by atoms with Gasteiger partial charge >= 0.3 is 0 Å². The first kappa shape index (κ1) is 26.8. The second-order valence-corrected chi connectivity index (χ2v) is 11.7. The van der Waals surface area contributed by atoms with Crippen molar-refractivity contribution in [3.63, 3.8) is 0 Å². The fourth-order valence-corrected chi connectivity index (χ4v) is 6.52. The van der Waals surface area contributed by atoms with Crippen LogP contribution >= 0.6 is 0 Å². The van der Waals surface area contributed by atoms with Crippen LogP contribution in [0.15, 0.2) is 47.1 Å². The van der Waals surface area contributed by atoms with Crippen LogP contribution in [-0.4, -0.2) is 73.5 Å². The van der Waals surface area contributed by atoms with Gasteiger partial charge in [0.25, 0.3) is 11.9 Å². The van der Waals surface area contributed by atoms with Gasteiger partial charge in [0.15, 0.2) is 0 Å². The Morgan fingerprint density at radius 2 is 1.89 bits per heavy atom. The number of methoxy groups -OCH3 is 1. The summed E-state index contributed by atoms with van der Waals surface area (Å²) < 4.78 is 5.60. The summed E-state index contributed by atoms with van der Waals surface area (Å²) in [6.45, 7) is 0.880. The van der Waals surface area contributed by atoms with E-state index in [0.29, 0.717) is 31.4 Å². The molecule has 4 aliphatic rings. The SMILES string of the molecule is COC1=NC=C(CNC(=O)C(=O)CC2CCC2)CN1[C@@H]1CC2(CCC(c3ccccc3)(N(C)C)CC2)NN1. The molecule has 1 atom stereocenters. The lowest BCUT2D eigenvalue weighted by Crippen LogP contribution is -2.53. The van der Waals surface area contributed by atoms with Crippen molar-refractivity contribution in [2.24, 2.45) is 10.9 Å². The van der Waals surface area contributed by atoms with Gasteiger partial charge in [-0.25, -0.2) is 15.8 Å². The lowest BCUT2D eigenvalue weighted by molar-refractivity contribution is -0.138. The van der Waals surface area contributed by atoms with Gasteiger partial charge in [0.05, 0.1) is 13.3 Å². The molecular formula is C29H42N6O3. The average Bonchev–Trinajstić information content (AvgIpc) is 3.33. The van der Waals surface area contributed by atoms with Crippen LogP contribution in [-0.2, 0) is 19.9 Å². The van der Waals surface area contributed by atoms with Crippen molar-refractivity contribution in [3.8, 4) is 0 Å². The number of ketones is 1. The molecule has 2 aliphatic heterocycles. The number of aliphatic imine (C=N–C) groups is 1. The molecule has 1 amide bonds. The summed E-state index contributed by atoms with van der Waals surface area (Å²) in [4.78, 5) is 33.6. The molecule has 2 heterocycles. The van der Waals surface area contributed by atoms with E-state index in [-0.39, 0.29) is 23.0 Å². The third-order valence-corrected chi connectivity index (χ3v) is 9.25. The summed E-state index contributed by atoms with van der Waals surface area (Å²) in [5.74, 6) is -0.417. The monoisotopic (exact) mass is 522 g/mol. The second-order valence-electron chi connectivity index (χ2n) is 11.7. The molecular weight excluding hydrogens is 480 g/mol. The van der Waals surface area contributed by atoms with Crippen molar-refractivity contribution in [1.82, 2.24) is 26.0 Å². The molecule has 206 valence electrons. The highest BCUT2D eigenvalue weighted by molar-refractivity contribution is 6.36. The highest BCUT2D eigenvalue weighted by Gasteiger charge is 2.49. The highest BCUT2D eigenvalue weighted by Crippen LogP contribution is 2.47. The number of carbonyl (C=O) groups is 2. The summed E-state index contributed by atoms with van der Waals surface area (Å²) in [5.41, 5.74) is 9.54. The molecule has 1 aromatic rings. The Morgan fingerprint density at radius 1 is 1.16 bits per heavy atom. The maximum Gasteiger partial charge on any atom is 0.293 e. The van der Waals surface area contributed by atoms with E-state index in [9.17, 15) is 9.59 Å². The largest absolute Gasteiger partial charge is 0.468 e. The molecule has 5 rings (SSSR count). The van der Waals surface area contributed by atoms with Crippen molar-refractivity contribution in [2.75, 3.05) is 34.3 Å². The quantitative estimate of drug-likeness (QED) is 0.452. The number of hydrogen-bond donors (Lipinski definition) is 3. The van der Waals surface area contributed by atoms with Gasteiger partial charge < -0.3 is 15.0 Å². The van der Waals surface area contributed by atoms with Crippen molar-refractivity contribution < 1.29 is 14.3 Å². The first-order valence-corrected chi connectivity index (χ1v) is 14.0. The maximum absolute atomic E-state index is 12.3. The van der Waals surface area contributed by atoms with Crippen LogP contribution in [0.3, 0.4) is 0 Å². The molecule has 1 saturated heterocycles. The molecule has 2 saturated carbocycles. The van der Waals surface area contributed by atoms with Crippen molar-refractivity contribution in [3.05, 3.63) is 47.7 Å². The molecule has 0 unspecified atom stereocenters. The van der Waals surface area contributed by atoms with Crippen molar-refractivity contribution in [2.45, 2.75) is 75.0 Å². The molecule has 38 heavy (non-hydrogen) atoms. The molecule has 9 heteroatoms. The molecule has 0 radical (unpaired) electrons.